The first-order chi connectivity index (χ1) is 16.0. The Balaban J connectivity index is 1.55. The van der Waals surface area contributed by atoms with Gasteiger partial charge in [0, 0.05) is 13.1 Å². The summed E-state index contributed by atoms with van der Waals surface area (Å²) in [5.74, 6) is 0.115. The molecule has 4 aromatic rings. The molecule has 33 heavy (non-hydrogen) atoms. The molecule has 1 aromatic heterocycles. The van der Waals surface area contributed by atoms with Gasteiger partial charge in [0.15, 0.2) is 0 Å². The number of aromatic nitrogens is 2. The number of nitrogens with one attached hydrogen (secondary N) is 3. The minimum atomic E-state index is -0.368. The fraction of sp³-hybridized carbons (Fsp3) is 0.160. The van der Waals surface area contributed by atoms with Crippen LogP contribution in [0.25, 0.3) is 11.0 Å². The molecule has 1 unspecified atom stereocenters. The zero-order valence-corrected chi connectivity index (χ0v) is 18.0. The molecular formula is C25H23N5O3. The van der Waals surface area contributed by atoms with E-state index in [0.29, 0.717) is 30.1 Å². The molecule has 0 fully saturated rings. The maximum Gasteiger partial charge on any atom is 0.321 e. The van der Waals surface area contributed by atoms with Crippen molar-refractivity contribution in [2.75, 3.05) is 11.9 Å². The molecule has 1 aliphatic heterocycles. The van der Waals surface area contributed by atoms with Crippen LogP contribution in [-0.2, 0) is 6.54 Å². The summed E-state index contributed by atoms with van der Waals surface area (Å²) in [4.78, 5) is 34.5. The number of urea groups is 1. The number of benzene rings is 3. The van der Waals surface area contributed by atoms with E-state index in [1.165, 1.54) is 6.07 Å². The van der Waals surface area contributed by atoms with Gasteiger partial charge in [-0.25, -0.2) is 9.78 Å². The Morgan fingerprint density at radius 1 is 1.12 bits per heavy atom. The molecule has 0 spiro atoms. The third kappa shape index (κ3) is 3.76. The Kier molecular flexibility index (Phi) is 5.18. The molecule has 0 saturated carbocycles. The molecule has 5 rings (SSSR count). The number of fused-ring (bicyclic) bond motifs is 2. The molecule has 1 aliphatic rings. The smallest absolute Gasteiger partial charge is 0.321 e. The van der Waals surface area contributed by atoms with Gasteiger partial charge in [-0.15, -0.1) is 0 Å². The Labute approximate surface area is 190 Å². The van der Waals surface area contributed by atoms with Crippen LogP contribution in [0.3, 0.4) is 0 Å². The number of hydrogen-bond donors (Lipinski definition) is 4. The second-order valence-corrected chi connectivity index (χ2v) is 7.91. The largest absolute Gasteiger partial charge is 0.507 e. The average molecular weight is 441 g/mol. The number of rotatable bonds is 5. The molecule has 0 bridgehead atoms. The van der Waals surface area contributed by atoms with E-state index in [1.54, 1.807) is 11.0 Å². The van der Waals surface area contributed by atoms with Crippen LogP contribution in [-0.4, -0.2) is 38.5 Å². The van der Waals surface area contributed by atoms with E-state index in [1.807, 2.05) is 61.5 Å². The van der Waals surface area contributed by atoms with Gasteiger partial charge >= 0.3 is 6.03 Å². The summed E-state index contributed by atoms with van der Waals surface area (Å²) in [6.45, 7) is 2.75. The maximum atomic E-state index is 13.3. The number of aromatic amines is 1. The van der Waals surface area contributed by atoms with Crippen LogP contribution in [0.15, 0.2) is 66.7 Å². The van der Waals surface area contributed by atoms with Gasteiger partial charge in [0.25, 0.3) is 5.91 Å². The summed E-state index contributed by atoms with van der Waals surface area (Å²) < 4.78 is 0. The lowest BCUT2D eigenvalue weighted by Gasteiger charge is -2.26. The number of nitrogens with zero attached hydrogens (tertiary/aromatic N) is 2. The molecule has 8 nitrogen and oxygen atoms in total. The van der Waals surface area contributed by atoms with E-state index in [9.17, 15) is 14.7 Å². The van der Waals surface area contributed by atoms with Crippen LogP contribution in [0.5, 0.6) is 5.75 Å². The number of anilines is 1. The fourth-order valence-electron chi connectivity index (χ4n) is 4.32. The lowest BCUT2D eigenvalue weighted by atomic mass is 9.97. The summed E-state index contributed by atoms with van der Waals surface area (Å²) in [6, 6.07) is 19.9. The third-order valence-electron chi connectivity index (χ3n) is 5.74. The summed E-state index contributed by atoms with van der Waals surface area (Å²) in [5, 5.41) is 15.8. The first kappa shape index (κ1) is 20.6. The molecule has 3 amide bonds. The molecule has 1 atom stereocenters. The Morgan fingerprint density at radius 3 is 2.73 bits per heavy atom. The van der Waals surface area contributed by atoms with Gasteiger partial charge in [0.2, 0.25) is 5.95 Å². The second-order valence-electron chi connectivity index (χ2n) is 7.91. The topological polar surface area (TPSA) is 110 Å². The maximum absolute atomic E-state index is 13.3. The monoisotopic (exact) mass is 441 g/mol. The highest BCUT2D eigenvalue weighted by molar-refractivity contribution is 6.02. The number of phenolic OH excluding ortho intramolecular Hbond substituents is 1. The summed E-state index contributed by atoms with van der Waals surface area (Å²) in [7, 11) is 0. The zero-order valence-electron chi connectivity index (χ0n) is 18.0. The number of carbonyl (C=O) groups excluding carboxylic acids is 2. The van der Waals surface area contributed by atoms with Crippen molar-refractivity contribution in [1.29, 1.82) is 0 Å². The molecule has 3 aromatic carbocycles. The Morgan fingerprint density at radius 2 is 1.94 bits per heavy atom. The molecule has 166 valence electrons. The minimum Gasteiger partial charge on any atom is -0.507 e. The van der Waals surface area contributed by atoms with Crippen LogP contribution in [0.1, 0.15) is 40.0 Å². The zero-order chi connectivity index (χ0) is 22.9. The first-order valence-corrected chi connectivity index (χ1v) is 10.8. The van der Waals surface area contributed by atoms with Crippen LogP contribution in [0.2, 0.25) is 0 Å². The number of hydrogen-bond acceptors (Lipinski definition) is 4. The highest BCUT2D eigenvalue weighted by Gasteiger charge is 2.39. The fourth-order valence-corrected chi connectivity index (χ4v) is 4.32. The number of carbonyl (C=O) groups is 2. The normalized spacial score (nSPS) is 15.0. The van der Waals surface area contributed by atoms with Crippen LogP contribution in [0.4, 0.5) is 10.7 Å². The molecule has 2 heterocycles. The van der Waals surface area contributed by atoms with E-state index in [4.69, 9.17) is 0 Å². The highest BCUT2D eigenvalue weighted by Crippen LogP contribution is 2.43. The van der Waals surface area contributed by atoms with Gasteiger partial charge in [0.1, 0.15) is 5.75 Å². The summed E-state index contributed by atoms with van der Waals surface area (Å²) >= 11 is 0. The highest BCUT2D eigenvalue weighted by atomic mass is 16.3. The molecular weight excluding hydrogens is 418 g/mol. The Bertz CT molecular complexity index is 1350. The Hall–Kier alpha value is -4.33. The SMILES string of the molecule is CCNC(=O)Nc1nc2ccc(C3c4cccc(O)c4C(=O)N3Cc3ccccc3)cc2[nH]1. The van der Waals surface area contributed by atoms with E-state index < -0.39 is 0 Å². The van der Waals surface area contributed by atoms with Crippen molar-refractivity contribution >= 4 is 28.9 Å². The van der Waals surface area contributed by atoms with E-state index in [2.05, 4.69) is 20.6 Å². The number of imidazole rings is 1. The number of phenols is 1. The van der Waals surface area contributed by atoms with Crippen molar-refractivity contribution in [3.63, 3.8) is 0 Å². The number of amides is 3. The predicted octanol–water partition coefficient (Wildman–Crippen LogP) is 4.16. The van der Waals surface area contributed by atoms with Gasteiger partial charge in [-0.05, 0) is 41.8 Å². The van der Waals surface area contributed by atoms with Gasteiger partial charge < -0.3 is 20.3 Å². The molecule has 0 aliphatic carbocycles. The summed E-state index contributed by atoms with van der Waals surface area (Å²) in [6.07, 6.45) is 0. The first-order valence-electron chi connectivity index (χ1n) is 10.8. The molecule has 0 saturated heterocycles. The predicted molar refractivity (Wildman–Crippen MR) is 125 cm³/mol. The van der Waals surface area contributed by atoms with Crippen molar-refractivity contribution in [2.45, 2.75) is 19.5 Å². The van der Waals surface area contributed by atoms with E-state index >= 15 is 0 Å². The molecule has 8 heteroatoms. The van der Waals surface area contributed by atoms with Crippen molar-refractivity contribution in [1.82, 2.24) is 20.2 Å². The van der Waals surface area contributed by atoms with Gasteiger partial charge in [-0.1, -0.05) is 48.5 Å². The van der Waals surface area contributed by atoms with Crippen molar-refractivity contribution < 1.29 is 14.7 Å². The van der Waals surface area contributed by atoms with Crippen molar-refractivity contribution in [3.8, 4) is 5.75 Å². The molecule has 0 radical (unpaired) electrons. The average Bonchev–Trinajstić information content (AvgIpc) is 3.32. The second kappa shape index (κ2) is 8.31. The minimum absolute atomic E-state index is 0.0193. The van der Waals surface area contributed by atoms with Gasteiger partial charge in [0.05, 0.1) is 22.6 Å². The van der Waals surface area contributed by atoms with Gasteiger partial charge in [-0.3, -0.25) is 10.1 Å². The standard InChI is InChI=1S/C25H23N5O3/c1-2-26-25(33)29-24-27-18-12-11-16(13-19(18)28-24)22-17-9-6-10-20(31)21(17)23(32)30(22)14-15-7-4-3-5-8-15/h3-13,22,31H,2,14H2,1H3,(H3,26,27,28,29,33). The van der Waals surface area contributed by atoms with Crippen LogP contribution < -0.4 is 10.6 Å². The van der Waals surface area contributed by atoms with Gasteiger partial charge in [-0.2, -0.15) is 0 Å². The lowest BCUT2D eigenvalue weighted by Crippen LogP contribution is -2.28. The quantitative estimate of drug-likeness (QED) is 0.373. The third-order valence-corrected chi connectivity index (χ3v) is 5.74. The van der Waals surface area contributed by atoms with E-state index in [0.717, 1.165) is 22.2 Å². The van der Waals surface area contributed by atoms with Crippen LogP contribution >= 0.6 is 0 Å². The lowest BCUT2D eigenvalue weighted by molar-refractivity contribution is 0.0734. The number of aromatic hydroxyl groups is 1. The van der Waals surface area contributed by atoms with Crippen molar-refractivity contribution in [2.24, 2.45) is 0 Å². The van der Waals surface area contributed by atoms with Crippen molar-refractivity contribution in [3.05, 3.63) is 89.0 Å². The number of H-pyrrole nitrogens is 1. The van der Waals surface area contributed by atoms with E-state index in [-0.39, 0.29) is 23.7 Å². The molecule has 4 N–H and O–H groups in total. The van der Waals surface area contributed by atoms with Crippen LogP contribution in [0, 0.1) is 0 Å². The summed E-state index contributed by atoms with van der Waals surface area (Å²) in [5.41, 5.74) is 4.40.